The van der Waals surface area contributed by atoms with Crippen LogP contribution in [0.2, 0.25) is 0 Å². The molecule has 0 saturated carbocycles. The Morgan fingerprint density at radius 2 is 1.69 bits per heavy atom. The van der Waals surface area contributed by atoms with E-state index < -0.39 is 0 Å². The maximum absolute atomic E-state index is 13.2. The van der Waals surface area contributed by atoms with E-state index in [1.165, 1.54) is 12.2 Å². The third-order valence-corrected chi connectivity index (χ3v) is 6.91. The van der Waals surface area contributed by atoms with Gasteiger partial charge in [-0.2, -0.15) is 0 Å². The number of amides is 3. The van der Waals surface area contributed by atoms with Gasteiger partial charge in [-0.3, -0.25) is 24.3 Å². The minimum absolute atomic E-state index is 0.00797. The number of fused-ring (bicyclic) bond motifs is 2. The van der Waals surface area contributed by atoms with Crippen molar-refractivity contribution in [1.29, 1.82) is 0 Å². The summed E-state index contributed by atoms with van der Waals surface area (Å²) in [4.78, 5) is 53.1. The van der Waals surface area contributed by atoms with E-state index in [1.54, 1.807) is 49.7 Å². The molecule has 0 bridgehead atoms. The van der Waals surface area contributed by atoms with Crippen LogP contribution in [0, 0.1) is 0 Å². The molecular formula is C27H24N4O5. The van der Waals surface area contributed by atoms with Gasteiger partial charge in [0.05, 0.1) is 24.4 Å². The first-order valence-corrected chi connectivity index (χ1v) is 11.8. The maximum Gasteiger partial charge on any atom is 0.262 e. The molecular weight excluding hydrogens is 460 g/mol. The first kappa shape index (κ1) is 22.2. The molecule has 6 rings (SSSR count). The highest BCUT2D eigenvalue weighted by Gasteiger charge is 2.35. The number of hydroxylamine groups is 2. The predicted octanol–water partition coefficient (Wildman–Crippen LogP) is 3.65. The summed E-state index contributed by atoms with van der Waals surface area (Å²) in [7, 11) is 3.12. The van der Waals surface area contributed by atoms with Gasteiger partial charge in [-0.05, 0) is 36.4 Å². The summed E-state index contributed by atoms with van der Waals surface area (Å²) in [5.74, 6) is -0.173. The Balaban J connectivity index is 1.27. The van der Waals surface area contributed by atoms with E-state index in [-0.39, 0.29) is 30.4 Å². The number of imide groups is 1. The summed E-state index contributed by atoms with van der Waals surface area (Å²) >= 11 is 0. The Hall–Kier alpha value is -4.24. The van der Waals surface area contributed by atoms with E-state index in [2.05, 4.69) is 4.99 Å². The monoisotopic (exact) mass is 484 g/mol. The Morgan fingerprint density at radius 3 is 2.39 bits per heavy atom. The van der Waals surface area contributed by atoms with Crippen LogP contribution >= 0.6 is 0 Å². The van der Waals surface area contributed by atoms with Crippen LogP contribution in [0.3, 0.4) is 0 Å². The van der Waals surface area contributed by atoms with Crippen LogP contribution in [0.5, 0.6) is 11.5 Å². The average Bonchev–Trinajstić information content (AvgIpc) is 3.32. The van der Waals surface area contributed by atoms with Crippen molar-refractivity contribution in [3.8, 4) is 11.5 Å². The van der Waals surface area contributed by atoms with Crippen molar-refractivity contribution in [2.45, 2.75) is 18.9 Å². The zero-order valence-corrected chi connectivity index (χ0v) is 19.9. The number of carbonyl (C=O) groups excluding carboxylic acids is 3. The van der Waals surface area contributed by atoms with Crippen molar-refractivity contribution in [2.24, 2.45) is 4.99 Å². The molecule has 3 aromatic rings. The molecule has 0 unspecified atom stereocenters. The second kappa shape index (κ2) is 8.46. The van der Waals surface area contributed by atoms with Gasteiger partial charge in [-0.15, -0.1) is 5.06 Å². The zero-order valence-electron chi connectivity index (χ0n) is 19.9. The quantitative estimate of drug-likeness (QED) is 0.406. The van der Waals surface area contributed by atoms with E-state index in [9.17, 15) is 14.4 Å². The molecule has 182 valence electrons. The minimum Gasteiger partial charge on any atom is -0.493 e. The van der Waals surface area contributed by atoms with Crippen LogP contribution in [0.15, 0.2) is 53.5 Å². The molecule has 0 aliphatic carbocycles. The Morgan fingerprint density at radius 1 is 0.972 bits per heavy atom. The number of nitrogens with zero attached hydrogens (tertiary/aromatic N) is 4. The topological polar surface area (TPSA) is 91.8 Å². The van der Waals surface area contributed by atoms with Gasteiger partial charge in [-0.1, -0.05) is 24.3 Å². The molecule has 0 radical (unpaired) electrons. The van der Waals surface area contributed by atoms with E-state index in [4.69, 9.17) is 9.57 Å². The molecule has 0 spiro atoms. The molecule has 1 atom stereocenters. The van der Waals surface area contributed by atoms with E-state index >= 15 is 0 Å². The fourth-order valence-corrected chi connectivity index (χ4v) is 5.18. The van der Waals surface area contributed by atoms with Crippen molar-refractivity contribution >= 4 is 40.4 Å². The van der Waals surface area contributed by atoms with Crippen molar-refractivity contribution < 1.29 is 24.0 Å². The first-order chi connectivity index (χ1) is 17.5. The molecule has 3 aromatic carbocycles. The van der Waals surface area contributed by atoms with E-state index in [0.29, 0.717) is 45.8 Å². The number of aliphatic imine (C=N–C) groups is 1. The van der Waals surface area contributed by atoms with E-state index in [0.717, 1.165) is 23.1 Å². The molecule has 9 heteroatoms. The summed E-state index contributed by atoms with van der Waals surface area (Å²) in [5.41, 5.74) is 1.90. The molecule has 0 N–H and O–H groups in total. The fourth-order valence-electron chi connectivity index (χ4n) is 5.18. The number of ether oxygens (including phenoxy) is 1. The second-order valence-electron chi connectivity index (χ2n) is 9.11. The highest BCUT2D eigenvalue weighted by atomic mass is 16.7. The smallest absolute Gasteiger partial charge is 0.262 e. The second-order valence-corrected chi connectivity index (χ2v) is 9.11. The summed E-state index contributed by atoms with van der Waals surface area (Å²) in [6, 6.07) is 14.1. The van der Waals surface area contributed by atoms with Gasteiger partial charge in [0.1, 0.15) is 6.67 Å². The number of benzene rings is 3. The van der Waals surface area contributed by atoms with Gasteiger partial charge in [0.2, 0.25) is 0 Å². The first-order valence-electron chi connectivity index (χ1n) is 11.8. The normalized spacial score (nSPS) is 18.5. The number of methoxy groups -OCH3 is 1. The number of carbonyl (C=O) groups is 3. The van der Waals surface area contributed by atoms with E-state index in [1.807, 2.05) is 17.0 Å². The van der Waals surface area contributed by atoms with Crippen LogP contribution < -0.4 is 9.57 Å². The molecule has 9 nitrogen and oxygen atoms in total. The molecule has 3 heterocycles. The summed E-state index contributed by atoms with van der Waals surface area (Å²) < 4.78 is 5.51. The lowest BCUT2D eigenvalue weighted by molar-refractivity contribution is -0.0619. The molecule has 36 heavy (non-hydrogen) atoms. The molecule has 1 fully saturated rings. The number of rotatable bonds is 5. The van der Waals surface area contributed by atoms with Crippen molar-refractivity contribution in [2.75, 3.05) is 27.4 Å². The highest BCUT2D eigenvalue weighted by Crippen LogP contribution is 2.38. The van der Waals surface area contributed by atoms with Crippen molar-refractivity contribution in [3.63, 3.8) is 0 Å². The predicted molar refractivity (Wildman–Crippen MR) is 133 cm³/mol. The molecule has 3 amide bonds. The van der Waals surface area contributed by atoms with Gasteiger partial charge < -0.3 is 14.5 Å². The van der Waals surface area contributed by atoms with Gasteiger partial charge in [0.15, 0.2) is 11.5 Å². The van der Waals surface area contributed by atoms with Crippen LogP contribution in [-0.2, 0) is 0 Å². The molecule has 1 saturated heterocycles. The number of hydrogen-bond acceptors (Lipinski definition) is 7. The van der Waals surface area contributed by atoms with Gasteiger partial charge in [-0.25, -0.2) is 0 Å². The Kier molecular flexibility index (Phi) is 5.22. The summed E-state index contributed by atoms with van der Waals surface area (Å²) in [5, 5.41) is 2.90. The zero-order chi connectivity index (χ0) is 25.0. The fraction of sp³-hybridized carbons (Fsp3) is 0.259. The van der Waals surface area contributed by atoms with Crippen LogP contribution in [-0.4, -0.2) is 72.2 Å². The average molecular weight is 485 g/mol. The third-order valence-electron chi connectivity index (χ3n) is 6.91. The van der Waals surface area contributed by atoms with Gasteiger partial charge >= 0.3 is 0 Å². The van der Waals surface area contributed by atoms with Crippen LogP contribution in [0.25, 0.3) is 10.8 Å². The Labute approximate surface area is 207 Å². The summed E-state index contributed by atoms with van der Waals surface area (Å²) in [6.45, 7) is 0.591. The highest BCUT2D eigenvalue weighted by molar-refractivity contribution is 6.25. The maximum atomic E-state index is 13.2. The van der Waals surface area contributed by atoms with Gasteiger partial charge in [0, 0.05) is 42.4 Å². The number of hydrogen-bond donors (Lipinski definition) is 0. The van der Waals surface area contributed by atoms with Gasteiger partial charge in [0.25, 0.3) is 17.7 Å². The lowest BCUT2D eigenvalue weighted by Gasteiger charge is -2.30. The Bertz CT molecular complexity index is 1420. The van der Waals surface area contributed by atoms with Crippen molar-refractivity contribution in [1.82, 2.24) is 14.9 Å². The van der Waals surface area contributed by atoms with Crippen LogP contribution in [0.4, 0.5) is 5.69 Å². The largest absolute Gasteiger partial charge is 0.493 e. The minimum atomic E-state index is -0.385. The van der Waals surface area contributed by atoms with Crippen molar-refractivity contribution in [3.05, 3.63) is 65.2 Å². The van der Waals surface area contributed by atoms with Crippen LogP contribution in [0.1, 0.15) is 43.9 Å². The third kappa shape index (κ3) is 3.43. The summed E-state index contributed by atoms with van der Waals surface area (Å²) in [6.07, 6.45) is 3.65. The lowest BCUT2D eigenvalue weighted by atomic mass is 9.94. The molecule has 0 aromatic heterocycles. The SMILES string of the molecule is COc1cc2c(cc1ON(C)CN1C(=O)c3cccc4cccc(c34)C1=O)N=C[C@@H]1CCCN1C2=O. The standard InChI is InChI=1S/C27H24N4O5/c1-29(15-31-25(32)18-9-3-6-16-7-4-10-19(24(16)18)26(31)33)36-23-13-21-20(12-22(23)35-2)27(34)30-11-5-8-17(30)14-28-21/h3-4,6-7,9-10,12-14,17H,5,8,11,15H2,1-2H3/t17-/m0/s1. The molecule has 3 aliphatic heterocycles. The molecule has 3 aliphatic rings. The lowest BCUT2D eigenvalue weighted by Crippen LogP contribution is -2.46.